The van der Waals surface area contributed by atoms with E-state index in [4.69, 9.17) is 5.73 Å². The summed E-state index contributed by atoms with van der Waals surface area (Å²) < 4.78 is 4.44. The van der Waals surface area contributed by atoms with Crippen molar-refractivity contribution in [2.75, 3.05) is 12.8 Å². The van der Waals surface area contributed by atoms with Crippen molar-refractivity contribution >= 4 is 11.9 Å². The van der Waals surface area contributed by atoms with E-state index in [1.807, 2.05) is 0 Å². The first-order chi connectivity index (χ1) is 6.63. The second-order valence-corrected chi connectivity index (χ2v) is 2.70. The predicted octanol–water partition coefficient (Wildman–Crippen LogP) is -0.542. The minimum atomic E-state index is -0.360. The van der Waals surface area contributed by atoms with Crippen molar-refractivity contribution in [3.8, 4) is 0 Å². The molecule has 3 N–H and O–H groups in total. The number of carbonyl (C=O) groups excluding carboxylic acids is 1. The maximum absolute atomic E-state index is 11.2. The number of nitrogen functional groups attached to an aromatic ring is 1. The van der Waals surface area contributed by atoms with Gasteiger partial charge in [0, 0.05) is 18.2 Å². The van der Waals surface area contributed by atoms with E-state index < -0.39 is 0 Å². The number of nitrogens with two attached hydrogens (primary N) is 1. The summed E-state index contributed by atoms with van der Waals surface area (Å²) in [5.74, 6) is -0.293. The van der Waals surface area contributed by atoms with E-state index in [9.17, 15) is 9.59 Å². The number of H-pyrrole nitrogens is 1. The summed E-state index contributed by atoms with van der Waals surface area (Å²) in [6.45, 7) is 0. The van der Waals surface area contributed by atoms with Crippen LogP contribution in [0.2, 0.25) is 0 Å². The van der Waals surface area contributed by atoms with Gasteiger partial charge in [0.15, 0.2) is 5.95 Å². The topological polar surface area (TPSA) is 98.1 Å². The SMILES string of the molecule is COC(=O)CCc1cnc(N)[nH]c1=O. The molecule has 0 saturated carbocycles. The predicted molar refractivity (Wildman–Crippen MR) is 49.6 cm³/mol. The number of ether oxygens (including phenoxy) is 1. The van der Waals surface area contributed by atoms with E-state index in [-0.39, 0.29) is 23.9 Å². The van der Waals surface area contributed by atoms with Crippen LogP contribution in [0.5, 0.6) is 0 Å². The number of esters is 1. The number of hydrogen-bond donors (Lipinski definition) is 2. The number of hydrogen-bond acceptors (Lipinski definition) is 5. The van der Waals surface area contributed by atoms with Crippen LogP contribution in [0.3, 0.4) is 0 Å². The number of nitrogens with one attached hydrogen (secondary N) is 1. The fraction of sp³-hybridized carbons (Fsp3) is 0.375. The van der Waals surface area contributed by atoms with Gasteiger partial charge in [-0.15, -0.1) is 0 Å². The molecule has 1 aromatic rings. The molecule has 1 heterocycles. The van der Waals surface area contributed by atoms with Crippen molar-refractivity contribution in [3.63, 3.8) is 0 Å². The highest BCUT2D eigenvalue weighted by Gasteiger charge is 2.05. The first-order valence-electron chi connectivity index (χ1n) is 4.04. The third kappa shape index (κ3) is 2.58. The Kier molecular flexibility index (Phi) is 3.22. The van der Waals surface area contributed by atoms with Gasteiger partial charge < -0.3 is 10.5 Å². The molecule has 0 radical (unpaired) electrons. The summed E-state index contributed by atoms with van der Waals surface area (Å²) in [5.41, 5.74) is 5.35. The van der Waals surface area contributed by atoms with Crippen LogP contribution in [0.1, 0.15) is 12.0 Å². The van der Waals surface area contributed by atoms with Gasteiger partial charge in [-0.1, -0.05) is 0 Å². The molecule has 0 saturated heterocycles. The van der Waals surface area contributed by atoms with Crippen LogP contribution in [0.25, 0.3) is 0 Å². The molecule has 76 valence electrons. The number of aromatic nitrogens is 2. The van der Waals surface area contributed by atoms with Gasteiger partial charge in [-0.3, -0.25) is 14.6 Å². The molecule has 6 nitrogen and oxygen atoms in total. The second kappa shape index (κ2) is 4.40. The van der Waals surface area contributed by atoms with Crippen LogP contribution >= 0.6 is 0 Å². The van der Waals surface area contributed by atoms with Crippen molar-refractivity contribution < 1.29 is 9.53 Å². The standard InChI is InChI=1S/C8H11N3O3/c1-14-6(12)3-2-5-4-10-8(9)11-7(5)13/h4H,2-3H2,1H3,(H3,9,10,11,13). The molecule has 6 heteroatoms. The Balaban J connectivity index is 2.68. The average molecular weight is 197 g/mol. The third-order valence-electron chi connectivity index (χ3n) is 1.72. The fourth-order valence-electron chi connectivity index (χ4n) is 0.952. The lowest BCUT2D eigenvalue weighted by atomic mass is 10.2. The highest BCUT2D eigenvalue weighted by Crippen LogP contribution is 1.96. The van der Waals surface area contributed by atoms with Crippen LogP contribution in [0.4, 0.5) is 5.95 Å². The number of rotatable bonds is 3. The Labute approximate surface area is 80.1 Å². The van der Waals surface area contributed by atoms with E-state index in [1.54, 1.807) is 0 Å². The Morgan fingerprint density at radius 1 is 1.71 bits per heavy atom. The van der Waals surface area contributed by atoms with Crippen molar-refractivity contribution in [3.05, 3.63) is 22.1 Å². The Morgan fingerprint density at radius 3 is 3.00 bits per heavy atom. The molecule has 0 spiro atoms. The molecule has 0 atom stereocenters. The van der Waals surface area contributed by atoms with Gasteiger partial charge in [-0.2, -0.15) is 0 Å². The molecule has 0 bridgehead atoms. The van der Waals surface area contributed by atoms with Crippen molar-refractivity contribution in [2.24, 2.45) is 0 Å². The molecule has 1 aromatic heterocycles. The number of aryl methyl sites for hydroxylation is 1. The number of nitrogens with zero attached hydrogens (tertiary/aromatic N) is 1. The fourth-order valence-corrected chi connectivity index (χ4v) is 0.952. The zero-order valence-electron chi connectivity index (χ0n) is 7.74. The molecule has 0 aliphatic heterocycles. The summed E-state index contributed by atoms with van der Waals surface area (Å²) in [6, 6.07) is 0. The normalized spacial score (nSPS) is 9.79. The lowest BCUT2D eigenvalue weighted by Gasteiger charge is -1.99. The molecule has 0 aromatic carbocycles. The monoisotopic (exact) mass is 197 g/mol. The minimum Gasteiger partial charge on any atom is -0.469 e. The maximum atomic E-state index is 11.2. The van der Waals surface area contributed by atoms with E-state index in [1.165, 1.54) is 13.3 Å². The zero-order valence-corrected chi connectivity index (χ0v) is 7.74. The second-order valence-electron chi connectivity index (χ2n) is 2.70. The van der Waals surface area contributed by atoms with Crippen molar-refractivity contribution in [1.82, 2.24) is 9.97 Å². The van der Waals surface area contributed by atoms with Crippen LogP contribution in [-0.4, -0.2) is 23.0 Å². The first-order valence-corrected chi connectivity index (χ1v) is 4.04. The third-order valence-corrected chi connectivity index (χ3v) is 1.72. The Morgan fingerprint density at radius 2 is 2.43 bits per heavy atom. The van der Waals surface area contributed by atoms with Crippen molar-refractivity contribution in [1.29, 1.82) is 0 Å². The molecule has 0 amide bonds. The Hall–Kier alpha value is -1.85. The summed E-state index contributed by atoms with van der Waals surface area (Å²) in [6.07, 6.45) is 1.82. The number of aromatic amines is 1. The first kappa shape index (κ1) is 10.2. The largest absolute Gasteiger partial charge is 0.469 e. The number of methoxy groups -OCH3 is 1. The summed E-state index contributed by atoms with van der Waals surface area (Å²) in [5, 5.41) is 0. The highest BCUT2D eigenvalue weighted by atomic mass is 16.5. The molecular formula is C8H11N3O3. The lowest BCUT2D eigenvalue weighted by Crippen LogP contribution is -2.16. The Bertz CT molecular complexity index is 386. The van der Waals surface area contributed by atoms with E-state index in [2.05, 4.69) is 14.7 Å². The van der Waals surface area contributed by atoms with Crippen LogP contribution < -0.4 is 11.3 Å². The van der Waals surface area contributed by atoms with Crippen LogP contribution in [0, 0.1) is 0 Å². The lowest BCUT2D eigenvalue weighted by molar-refractivity contribution is -0.140. The van der Waals surface area contributed by atoms with Gasteiger partial charge in [-0.25, -0.2) is 4.98 Å². The van der Waals surface area contributed by atoms with Gasteiger partial charge in [0.1, 0.15) is 0 Å². The van der Waals surface area contributed by atoms with Gasteiger partial charge in [0.25, 0.3) is 5.56 Å². The highest BCUT2D eigenvalue weighted by molar-refractivity contribution is 5.69. The van der Waals surface area contributed by atoms with Gasteiger partial charge in [0.05, 0.1) is 7.11 Å². The molecule has 0 unspecified atom stereocenters. The van der Waals surface area contributed by atoms with Gasteiger partial charge in [-0.05, 0) is 6.42 Å². The number of carbonyl (C=O) groups is 1. The zero-order chi connectivity index (χ0) is 10.6. The van der Waals surface area contributed by atoms with Gasteiger partial charge in [0.2, 0.25) is 0 Å². The summed E-state index contributed by atoms with van der Waals surface area (Å²) in [7, 11) is 1.30. The maximum Gasteiger partial charge on any atom is 0.305 e. The summed E-state index contributed by atoms with van der Waals surface area (Å²) >= 11 is 0. The molecule has 0 fully saturated rings. The van der Waals surface area contributed by atoms with Gasteiger partial charge >= 0.3 is 5.97 Å². The minimum absolute atomic E-state index is 0.0665. The summed E-state index contributed by atoms with van der Waals surface area (Å²) in [4.78, 5) is 28.1. The van der Waals surface area contributed by atoms with Crippen molar-refractivity contribution in [2.45, 2.75) is 12.8 Å². The molecule has 0 aliphatic rings. The number of anilines is 1. The van der Waals surface area contributed by atoms with E-state index in [0.717, 1.165) is 0 Å². The van der Waals surface area contributed by atoms with E-state index >= 15 is 0 Å². The van der Waals surface area contributed by atoms with Crippen LogP contribution in [0.15, 0.2) is 11.0 Å². The molecular weight excluding hydrogens is 186 g/mol. The smallest absolute Gasteiger partial charge is 0.305 e. The molecule has 0 aliphatic carbocycles. The molecule has 1 rings (SSSR count). The average Bonchev–Trinajstić information content (AvgIpc) is 2.16. The quantitative estimate of drug-likeness (QED) is 0.634. The van der Waals surface area contributed by atoms with Crippen LogP contribution in [-0.2, 0) is 16.0 Å². The molecule has 14 heavy (non-hydrogen) atoms. The van der Waals surface area contributed by atoms with E-state index in [0.29, 0.717) is 12.0 Å².